The maximum Gasteiger partial charge on any atom is 0.233 e. The number of carbonyl (C=O) groups is 2. The summed E-state index contributed by atoms with van der Waals surface area (Å²) in [6, 6.07) is 14.9. The van der Waals surface area contributed by atoms with Crippen molar-refractivity contribution >= 4 is 17.5 Å². The first-order chi connectivity index (χ1) is 13.0. The number of nitrogens with one attached hydrogen (secondary N) is 1. The molecule has 6 heteroatoms. The Balaban J connectivity index is 1.61. The van der Waals surface area contributed by atoms with Gasteiger partial charge in [-0.1, -0.05) is 30.3 Å². The molecule has 0 atom stereocenters. The van der Waals surface area contributed by atoms with Crippen LogP contribution >= 0.6 is 0 Å². The van der Waals surface area contributed by atoms with Gasteiger partial charge in [-0.2, -0.15) is 0 Å². The lowest BCUT2D eigenvalue weighted by molar-refractivity contribution is -0.136. The Bertz CT molecular complexity index is 805. The number of amides is 2. The zero-order valence-corrected chi connectivity index (χ0v) is 15.6. The fraction of sp³-hybridized carbons (Fsp3) is 0.333. The van der Waals surface area contributed by atoms with Gasteiger partial charge in [0.1, 0.15) is 19.6 Å². The number of benzene rings is 2. The number of hydrogen-bond donors (Lipinski definition) is 1. The molecule has 0 saturated carbocycles. The van der Waals surface area contributed by atoms with Gasteiger partial charge in [-0.3, -0.25) is 9.59 Å². The van der Waals surface area contributed by atoms with Crippen LogP contribution in [0.1, 0.15) is 25.8 Å². The number of nitrogens with zero attached hydrogens (tertiary/aromatic N) is 1. The SMILES string of the molecule is CC(C)N(Cc1ccccc1)C(=O)CC(=O)Nc1ccc2c(c1)OCCO2. The number of fused-ring (bicyclic) bond motifs is 1. The van der Waals surface area contributed by atoms with E-state index < -0.39 is 0 Å². The highest BCUT2D eigenvalue weighted by Crippen LogP contribution is 2.32. The van der Waals surface area contributed by atoms with Gasteiger partial charge in [-0.05, 0) is 31.5 Å². The molecule has 0 bridgehead atoms. The first-order valence-corrected chi connectivity index (χ1v) is 9.06. The van der Waals surface area contributed by atoms with E-state index in [2.05, 4.69) is 5.32 Å². The van der Waals surface area contributed by atoms with E-state index in [0.29, 0.717) is 36.9 Å². The van der Waals surface area contributed by atoms with Gasteiger partial charge >= 0.3 is 0 Å². The summed E-state index contributed by atoms with van der Waals surface area (Å²) in [5, 5.41) is 2.76. The third-order valence-corrected chi connectivity index (χ3v) is 4.28. The summed E-state index contributed by atoms with van der Waals surface area (Å²) in [5.74, 6) is 0.696. The summed E-state index contributed by atoms with van der Waals surface area (Å²) in [7, 11) is 0. The van der Waals surface area contributed by atoms with Gasteiger partial charge in [0, 0.05) is 24.3 Å². The van der Waals surface area contributed by atoms with E-state index in [4.69, 9.17) is 9.47 Å². The van der Waals surface area contributed by atoms with Crippen molar-refractivity contribution < 1.29 is 19.1 Å². The Labute approximate surface area is 159 Å². The second-order valence-corrected chi connectivity index (χ2v) is 6.68. The van der Waals surface area contributed by atoms with Crippen molar-refractivity contribution in [2.45, 2.75) is 32.9 Å². The molecule has 0 aliphatic carbocycles. The van der Waals surface area contributed by atoms with Gasteiger partial charge in [0.05, 0.1) is 0 Å². The van der Waals surface area contributed by atoms with Crippen LogP contribution in [0, 0.1) is 0 Å². The molecule has 1 heterocycles. The molecule has 2 aromatic carbocycles. The van der Waals surface area contributed by atoms with Crippen molar-refractivity contribution in [3.05, 3.63) is 54.1 Å². The lowest BCUT2D eigenvalue weighted by atomic mass is 10.1. The van der Waals surface area contributed by atoms with Crippen LogP contribution in [-0.2, 0) is 16.1 Å². The molecule has 0 spiro atoms. The summed E-state index contributed by atoms with van der Waals surface area (Å²) in [6.07, 6.45) is -0.209. The Hall–Kier alpha value is -3.02. The Kier molecular flexibility index (Phi) is 5.96. The number of ether oxygens (including phenoxy) is 2. The van der Waals surface area contributed by atoms with Crippen LogP contribution in [0.15, 0.2) is 48.5 Å². The van der Waals surface area contributed by atoms with Crippen LogP contribution in [0.5, 0.6) is 11.5 Å². The van der Waals surface area contributed by atoms with Crippen LogP contribution in [0.4, 0.5) is 5.69 Å². The van der Waals surface area contributed by atoms with E-state index in [-0.39, 0.29) is 24.3 Å². The molecule has 0 radical (unpaired) electrons. The molecule has 142 valence electrons. The molecule has 0 fully saturated rings. The molecular weight excluding hydrogens is 344 g/mol. The normalized spacial score (nSPS) is 12.6. The number of anilines is 1. The molecule has 0 aromatic heterocycles. The van der Waals surface area contributed by atoms with Crippen molar-refractivity contribution in [1.29, 1.82) is 0 Å². The highest BCUT2D eigenvalue weighted by atomic mass is 16.6. The van der Waals surface area contributed by atoms with Crippen LogP contribution in [-0.4, -0.2) is 36.0 Å². The molecule has 1 aliphatic heterocycles. The fourth-order valence-electron chi connectivity index (χ4n) is 2.90. The van der Waals surface area contributed by atoms with E-state index in [1.165, 1.54) is 0 Å². The van der Waals surface area contributed by atoms with Gasteiger partial charge < -0.3 is 19.7 Å². The summed E-state index contributed by atoms with van der Waals surface area (Å²) < 4.78 is 11.0. The quantitative estimate of drug-likeness (QED) is 0.795. The number of hydrogen-bond acceptors (Lipinski definition) is 4. The predicted molar refractivity (Wildman–Crippen MR) is 103 cm³/mol. The van der Waals surface area contributed by atoms with Crippen LogP contribution in [0.25, 0.3) is 0 Å². The van der Waals surface area contributed by atoms with Crippen LogP contribution < -0.4 is 14.8 Å². The van der Waals surface area contributed by atoms with Gasteiger partial charge in [-0.15, -0.1) is 0 Å². The molecule has 0 saturated heterocycles. The average molecular weight is 368 g/mol. The summed E-state index contributed by atoms with van der Waals surface area (Å²) >= 11 is 0. The summed E-state index contributed by atoms with van der Waals surface area (Å²) in [4.78, 5) is 26.7. The van der Waals surface area contributed by atoms with E-state index in [0.717, 1.165) is 5.56 Å². The largest absolute Gasteiger partial charge is 0.486 e. The zero-order valence-electron chi connectivity index (χ0n) is 15.6. The first-order valence-electron chi connectivity index (χ1n) is 9.06. The molecule has 1 N–H and O–H groups in total. The van der Waals surface area contributed by atoms with Gasteiger partial charge in [0.2, 0.25) is 11.8 Å². The molecule has 2 aromatic rings. The van der Waals surface area contributed by atoms with Gasteiger partial charge in [0.25, 0.3) is 0 Å². The lowest BCUT2D eigenvalue weighted by Gasteiger charge is -2.27. The predicted octanol–water partition coefficient (Wildman–Crippen LogP) is 3.22. The monoisotopic (exact) mass is 368 g/mol. The minimum absolute atomic E-state index is 0.000186. The van der Waals surface area contributed by atoms with Crippen molar-refractivity contribution in [2.75, 3.05) is 18.5 Å². The number of rotatable bonds is 6. The van der Waals surface area contributed by atoms with Gasteiger partial charge in [0.15, 0.2) is 11.5 Å². The van der Waals surface area contributed by atoms with E-state index >= 15 is 0 Å². The Morgan fingerprint density at radius 1 is 1.04 bits per heavy atom. The lowest BCUT2D eigenvalue weighted by Crippen LogP contribution is -2.38. The minimum atomic E-state index is -0.351. The topological polar surface area (TPSA) is 67.9 Å². The standard InChI is InChI=1S/C21H24N2O4/c1-15(2)23(14-16-6-4-3-5-7-16)21(25)13-20(24)22-17-8-9-18-19(12-17)27-11-10-26-18/h3-9,12,15H,10-11,13-14H2,1-2H3,(H,22,24). The third-order valence-electron chi connectivity index (χ3n) is 4.28. The van der Waals surface area contributed by atoms with Crippen LogP contribution in [0.3, 0.4) is 0 Å². The summed E-state index contributed by atoms with van der Waals surface area (Å²) in [5.41, 5.74) is 1.61. The smallest absolute Gasteiger partial charge is 0.233 e. The highest BCUT2D eigenvalue weighted by molar-refractivity contribution is 6.03. The van der Waals surface area contributed by atoms with E-state index in [9.17, 15) is 9.59 Å². The maximum atomic E-state index is 12.6. The van der Waals surface area contributed by atoms with Crippen molar-refractivity contribution in [1.82, 2.24) is 4.90 Å². The highest BCUT2D eigenvalue weighted by Gasteiger charge is 2.21. The minimum Gasteiger partial charge on any atom is -0.486 e. The molecule has 1 aliphatic rings. The Morgan fingerprint density at radius 2 is 1.74 bits per heavy atom. The average Bonchev–Trinajstić information content (AvgIpc) is 2.66. The number of carbonyl (C=O) groups excluding carboxylic acids is 2. The third kappa shape index (κ3) is 5.00. The van der Waals surface area contributed by atoms with Crippen molar-refractivity contribution in [2.24, 2.45) is 0 Å². The van der Waals surface area contributed by atoms with E-state index in [1.54, 1.807) is 23.1 Å². The van der Waals surface area contributed by atoms with E-state index in [1.807, 2.05) is 44.2 Å². The molecular formula is C21H24N2O4. The van der Waals surface area contributed by atoms with Crippen molar-refractivity contribution in [3.8, 4) is 11.5 Å². The maximum absolute atomic E-state index is 12.6. The van der Waals surface area contributed by atoms with Crippen molar-refractivity contribution in [3.63, 3.8) is 0 Å². The second-order valence-electron chi connectivity index (χ2n) is 6.68. The molecule has 3 rings (SSSR count). The van der Waals surface area contributed by atoms with Gasteiger partial charge in [-0.25, -0.2) is 0 Å². The molecule has 2 amide bonds. The summed E-state index contributed by atoms with van der Waals surface area (Å²) in [6.45, 7) is 5.36. The Morgan fingerprint density at radius 3 is 2.44 bits per heavy atom. The zero-order chi connectivity index (χ0) is 19.2. The molecule has 0 unspecified atom stereocenters. The second kappa shape index (κ2) is 8.58. The van der Waals surface area contributed by atoms with Crippen LogP contribution in [0.2, 0.25) is 0 Å². The fourth-order valence-corrected chi connectivity index (χ4v) is 2.90. The molecule has 27 heavy (non-hydrogen) atoms. The first kappa shape index (κ1) is 18.8. The molecule has 6 nitrogen and oxygen atoms in total.